The van der Waals surface area contributed by atoms with Crippen LogP contribution in [0.3, 0.4) is 0 Å². The fraction of sp³-hybridized carbons (Fsp3) is 0.931. The van der Waals surface area contributed by atoms with Crippen molar-refractivity contribution in [2.75, 3.05) is 79.3 Å². The van der Waals surface area contributed by atoms with Gasteiger partial charge in [0, 0.05) is 27.7 Å². The molecule has 0 saturated carbocycles. The molecule has 10 fully saturated rings. The average Bonchev–Trinajstić information content (AvgIpc) is 0.772. The van der Waals surface area contributed by atoms with Crippen molar-refractivity contribution in [3.8, 4) is 0 Å². The van der Waals surface area contributed by atoms with Gasteiger partial charge in [-0.3, -0.25) is 24.0 Å². The van der Waals surface area contributed by atoms with Gasteiger partial charge in [-0.1, -0.05) is 0 Å². The molecule has 33 N–H and O–H groups in total. The third-order valence-electron chi connectivity index (χ3n) is 23.5. The van der Waals surface area contributed by atoms with E-state index >= 15 is 0 Å². The first-order valence-corrected chi connectivity index (χ1v) is 41.4. The van der Waals surface area contributed by atoms with E-state index in [1.165, 1.54) is 0 Å². The predicted molar refractivity (Wildman–Crippen MR) is 400 cm³/mol. The number of nitrogens with one attached hydrogen (secondary N) is 5. The van der Waals surface area contributed by atoms with Crippen LogP contribution in [0, 0.1) is 0 Å². The van der Waals surface area contributed by atoms with Gasteiger partial charge in [0.25, 0.3) is 0 Å². The van der Waals surface area contributed by atoms with Crippen molar-refractivity contribution in [3.05, 3.63) is 0 Å². The molecule has 0 aromatic rings. The minimum Gasteiger partial charge on any atom is -0.394 e. The predicted octanol–water partition coefficient (Wildman–Crippen LogP) is -23.1. The van der Waals surface area contributed by atoms with E-state index in [1.807, 2.05) is 0 Å². The van der Waals surface area contributed by atoms with E-state index < -0.39 is 416 Å². The van der Waals surface area contributed by atoms with Gasteiger partial charge in [0.1, 0.15) is 244 Å². The number of amides is 5. The zero-order valence-corrected chi connectivity index (χ0v) is 69.7. The standard InChI is InChI=1S/C72H121N5O53/c1-18(90)74-33-42(99)54(122-68-48(105)46(103)37(94)23(6-79)112-68)28(11-84)117-63(33)127-59-38(95)24(7-80)113-69(50(59)107)123-55-29(12-85)118-64(34(43(55)100)75-19(2)91)128-60-39(96)25(8-81)114-70(51(60)108)124-56-30(13-86)119-65(35(44(56)101)76-20(3)92)129-61-40(97)26(9-82)115-71(52(61)109)125-57-31(14-87)120-66(36(45(57)102)77-21(4)93)130-62-41(98)27(10-83)116-72(53(62)110)126-58-32(15-88)121-67(49(106)47(58)104)111-16-22(5-78)73-17-89/h17,22-72,78-88,94-110H,5-16H2,1-4H3,(H,73,89)(H,74,90)(H,75,91)(H,76,92)(H,77,93)/t22-,23-,24-,25-,26-,27-,28-,29-,30-,31-,32-,33-,34-,35-,36-,37+,38+,39+,40+,41+,42-,43-,44-,45-,46+,47-,48-,49-,50-,51-,52-,53-,54-,55-,56-,57-,58-,59+,60+,61+,62+,63+,64+,65+,66+,67-,68+,69+,70+,71+,72+/m1/s1. The molecule has 58 nitrogen and oxygen atoms in total. The van der Waals surface area contributed by atoms with Gasteiger partial charge >= 0.3 is 0 Å². The number of ether oxygens (including phenoxy) is 20. The summed E-state index contributed by atoms with van der Waals surface area (Å²) < 4.78 is 117. The molecule has 0 aromatic carbocycles. The van der Waals surface area contributed by atoms with Crippen molar-refractivity contribution in [3.63, 3.8) is 0 Å². The minimum atomic E-state index is -2.41. The maximum atomic E-state index is 13.1. The summed E-state index contributed by atoms with van der Waals surface area (Å²) in [7, 11) is 0. The molecular formula is C72H121N5O53. The highest BCUT2D eigenvalue weighted by molar-refractivity contribution is 5.74. The van der Waals surface area contributed by atoms with Crippen molar-refractivity contribution >= 4 is 30.0 Å². The Morgan fingerprint density at radius 3 is 0.669 bits per heavy atom. The van der Waals surface area contributed by atoms with Crippen LogP contribution in [0.15, 0.2) is 0 Å². The molecule has 0 bridgehead atoms. The number of aliphatic hydroxyl groups is 28. The fourth-order valence-electron chi connectivity index (χ4n) is 16.7. The second-order valence-electron chi connectivity index (χ2n) is 32.4. The first-order valence-electron chi connectivity index (χ1n) is 41.4. The third kappa shape index (κ3) is 24.0. The Labute approximate surface area is 736 Å². The minimum absolute atomic E-state index is 0.251. The van der Waals surface area contributed by atoms with E-state index in [0.717, 1.165) is 27.7 Å². The number of hydrogen-bond donors (Lipinski definition) is 33. The molecule has 130 heavy (non-hydrogen) atoms. The van der Waals surface area contributed by atoms with Gasteiger partial charge in [-0.05, 0) is 0 Å². The first-order chi connectivity index (χ1) is 61.7. The lowest BCUT2D eigenvalue weighted by Crippen LogP contribution is -2.71. The van der Waals surface area contributed by atoms with Crippen LogP contribution in [0.25, 0.3) is 0 Å². The Hall–Kier alpha value is -4.57. The van der Waals surface area contributed by atoms with Gasteiger partial charge in [-0.15, -0.1) is 0 Å². The second-order valence-corrected chi connectivity index (χ2v) is 32.4. The summed E-state index contributed by atoms with van der Waals surface area (Å²) in [6.45, 7) is -8.41. The lowest BCUT2D eigenvalue weighted by Gasteiger charge is -2.51. The average molecular weight is 1900 g/mol. The summed E-state index contributed by atoms with van der Waals surface area (Å²) in [5, 5.41) is 323. The molecule has 0 aromatic heterocycles. The van der Waals surface area contributed by atoms with E-state index in [-0.39, 0.29) is 6.41 Å². The number of aliphatic hydroxyl groups excluding tert-OH is 28. The maximum absolute atomic E-state index is 13.1. The monoisotopic (exact) mass is 1900 g/mol. The Bertz CT molecular complexity index is 3500. The molecule has 58 heteroatoms. The van der Waals surface area contributed by atoms with E-state index in [2.05, 4.69) is 26.6 Å². The maximum Gasteiger partial charge on any atom is 0.217 e. The van der Waals surface area contributed by atoms with Gasteiger partial charge in [0.05, 0.1) is 85.3 Å². The highest BCUT2D eigenvalue weighted by Gasteiger charge is 2.63. The number of rotatable bonds is 38. The van der Waals surface area contributed by atoms with Gasteiger partial charge < -0.3 is 264 Å². The highest BCUT2D eigenvalue weighted by atomic mass is 16.8. The molecule has 0 aliphatic carbocycles. The van der Waals surface area contributed by atoms with Crippen molar-refractivity contribution in [2.24, 2.45) is 0 Å². The van der Waals surface area contributed by atoms with Gasteiger partial charge in [0.15, 0.2) is 62.9 Å². The van der Waals surface area contributed by atoms with E-state index in [4.69, 9.17) is 94.7 Å². The zero-order chi connectivity index (χ0) is 95.6. The van der Waals surface area contributed by atoms with E-state index in [1.54, 1.807) is 0 Å². The molecule has 10 saturated heterocycles. The quantitative estimate of drug-likeness (QED) is 0.0255. The molecular weight excluding hydrogens is 1780 g/mol. The Morgan fingerprint density at radius 1 is 0.246 bits per heavy atom. The largest absolute Gasteiger partial charge is 0.394 e. The summed E-state index contributed by atoms with van der Waals surface area (Å²) in [6.07, 6.45) is -94.0. The van der Waals surface area contributed by atoms with Crippen LogP contribution in [-0.4, -0.2) is 565 Å². The van der Waals surface area contributed by atoms with Crippen LogP contribution in [-0.2, 0) is 119 Å². The summed E-state index contributed by atoms with van der Waals surface area (Å²) >= 11 is 0. The van der Waals surface area contributed by atoms with Gasteiger partial charge in [0.2, 0.25) is 30.0 Å². The lowest BCUT2D eigenvalue weighted by molar-refractivity contribution is -0.391. The molecule has 10 rings (SSSR count). The molecule has 10 heterocycles. The van der Waals surface area contributed by atoms with Gasteiger partial charge in [-0.2, -0.15) is 0 Å². The second kappa shape index (κ2) is 48.1. The Morgan fingerprint density at radius 2 is 0.446 bits per heavy atom. The molecule has 51 atom stereocenters. The topological polar surface area (TPSA) is 897 Å². The highest BCUT2D eigenvalue weighted by Crippen LogP contribution is 2.41. The van der Waals surface area contributed by atoms with Crippen LogP contribution in [0.2, 0.25) is 0 Å². The van der Waals surface area contributed by atoms with E-state index in [9.17, 15) is 167 Å². The summed E-state index contributed by atoms with van der Waals surface area (Å²) in [6, 6.07) is -8.74. The third-order valence-corrected chi connectivity index (χ3v) is 23.5. The molecule has 0 radical (unpaired) electrons. The Kier molecular flexibility index (Phi) is 39.8. The summed E-state index contributed by atoms with van der Waals surface area (Å²) in [5.74, 6) is -3.80. The number of carbonyl (C=O) groups excluding carboxylic acids is 5. The first kappa shape index (κ1) is 107. The van der Waals surface area contributed by atoms with Crippen LogP contribution < -0.4 is 26.6 Å². The molecule has 752 valence electrons. The van der Waals surface area contributed by atoms with E-state index in [0.29, 0.717) is 0 Å². The zero-order valence-electron chi connectivity index (χ0n) is 69.7. The fourth-order valence-corrected chi connectivity index (χ4v) is 16.7. The van der Waals surface area contributed by atoms with Crippen LogP contribution in [0.1, 0.15) is 27.7 Å². The number of hydrogen-bond acceptors (Lipinski definition) is 53. The van der Waals surface area contributed by atoms with Gasteiger partial charge in [-0.25, -0.2) is 0 Å². The SMILES string of the molecule is CC(=O)N[C@H]1[C@H](O[C@H]2[C@@H](O)[C@@H](CO)O[C@@H](O[C@H]3[C@H](O)[C@@H](NC(C)=O)[C@H](O[C@H]4[C@@H](O)[C@@H](CO)O[C@@H](O[C@H]5[C@H](O)[C@@H](NC(C)=O)[C@H](O[C@H]6[C@@H](O)[C@@H](CO)O[C@@H](O[C@H]7[C@H](O)[C@@H](NC(C)=O)[C@H](O[C@H]8[C@@H](O)[C@@H](CO)O[C@@H](O[C@H]9[C@H](O)[C@@H](O)[C@H](OC[C@@H](CO)NC=O)O[C@@H]9CO)[C@@H]8O)O[C@@H]7CO)[C@@H]6O)O[C@@H]5CO)[C@@H]4O)O[C@@H]3CO)[C@@H]2O)O[C@H](CO)[C@@H](O[C@@H]2O[C@H](CO)[C@H](O)[C@H](O)[C@H]2O)[C@@H]1O. The molecule has 5 amide bonds. The summed E-state index contributed by atoms with van der Waals surface area (Å²) in [4.78, 5) is 62.7. The van der Waals surface area contributed by atoms with Crippen molar-refractivity contribution in [1.82, 2.24) is 26.6 Å². The normalized spacial score (nSPS) is 47.6. The number of carbonyl (C=O) groups is 5. The van der Waals surface area contributed by atoms with Crippen LogP contribution in [0.4, 0.5) is 0 Å². The van der Waals surface area contributed by atoms with Crippen LogP contribution in [0.5, 0.6) is 0 Å². The van der Waals surface area contributed by atoms with Crippen molar-refractivity contribution in [1.29, 1.82) is 0 Å². The van der Waals surface area contributed by atoms with Crippen molar-refractivity contribution < 1.29 is 262 Å². The lowest BCUT2D eigenvalue weighted by atomic mass is 9.93. The summed E-state index contributed by atoms with van der Waals surface area (Å²) in [5.41, 5.74) is 0. The van der Waals surface area contributed by atoms with Crippen molar-refractivity contribution in [2.45, 2.75) is 341 Å². The molecule has 10 aliphatic rings. The molecule has 0 spiro atoms. The molecule has 0 unspecified atom stereocenters. The Balaban J connectivity index is 0.815. The smallest absolute Gasteiger partial charge is 0.217 e. The molecule has 10 aliphatic heterocycles. The van der Waals surface area contributed by atoms with Crippen LogP contribution >= 0.6 is 0 Å².